The van der Waals surface area contributed by atoms with E-state index in [9.17, 15) is 19.4 Å². The van der Waals surface area contributed by atoms with Gasteiger partial charge in [0, 0.05) is 24.5 Å². The highest BCUT2D eigenvalue weighted by atomic mass is 19.1. The minimum atomic E-state index is -1.46. The van der Waals surface area contributed by atoms with Gasteiger partial charge < -0.3 is 25.6 Å². The number of aliphatic hydroxyl groups is 2. The fourth-order valence-corrected chi connectivity index (χ4v) is 3.95. The molecule has 0 saturated carbocycles. The van der Waals surface area contributed by atoms with Gasteiger partial charge in [-0.05, 0) is 25.1 Å². The van der Waals surface area contributed by atoms with Gasteiger partial charge in [0.1, 0.15) is 18.0 Å². The highest BCUT2D eigenvalue weighted by Crippen LogP contribution is 2.33. The second-order valence-electron chi connectivity index (χ2n) is 8.11. The number of likely N-dealkylation sites (N-methyl/N-ethyl adjacent to an activating group) is 1. The van der Waals surface area contributed by atoms with Gasteiger partial charge in [-0.15, -0.1) is 0 Å². The van der Waals surface area contributed by atoms with Crippen LogP contribution >= 0.6 is 0 Å². The number of hydrogen-bond acceptors (Lipinski definition) is 10. The van der Waals surface area contributed by atoms with E-state index in [1.54, 1.807) is 19.2 Å². The SMILES string of the molecule is CCNC(=O)[C@H]1O[C@@H](n2cnc3c(NCc4ccccn4)nc(-c4cncc(F)c4)nc32)[C@H](O)[C@@H]1O. The van der Waals surface area contributed by atoms with Gasteiger partial charge >= 0.3 is 0 Å². The number of carbonyl (C=O) groups excluding carboxylic acids is 1. The number of carbonyl (C=O) groups is 1. The Bertz CT molecular complexity index is 1390. The Labute approximate surface area is 204 Å². The topological polar surface area (TPSA) is 160 Å². The van der Waals surface area contributed by atoms with E-state index in [0.717, 1.165) is 11.9 Å². The Kier molecular flexibility index (Phi) is 6.50. The zero-order chi connectivity index (χ0) is 25.2. The van der Waals surface area contributed by atoms with Crippen LogP contribution in [0.15, 0.2) is 49.2 Å². The summed E-state index contributed by atoms with van der Waals surface area (Å²) in [6, 6.07) is 6.74. The number of ether oxygens (including phenoxy) is 1. The van der Waals surface area contributed by atoms with E-state index in [1.165, 1.54) is 23.2 Å². The molecular weight excluding hydrogens is 471 g/mol. The molecule has 0 unspecified atom stereocenters. The van der Waals surface area contributed by atoms with E-state index in [0.29, 0.717) is 30.0 Å². The summed E-state index contributed by atoms with van der Waals surface area (Å²) in [6.45, 7) is 2.39. The van der Waals surface area contributed by atoms with E-state index in [2.05, 4.69) is 35.6 Å². The molecule has 4 N–H and O–H groups in total. The number of rotatable bonds is 7. The van der Waals surface area contributed by atoms with E-state index in [1.807, 2.05) is 12.1 Å². The van der Waals surface area contributed by atoms with Gasteiger partial charge in [-0.25, -0.2) is 19.3 Å². The first-order valence-electron chi connectivity index (χ1n) is 11.2. The lowest BCUT2D eigenvalue weighted by Gasteiger charge is -2.17. The van der Waals surface area contributed by atoms with Crippen molar-refractivity contribution in [1.29, 1.82) is 0 Å². The van der Waals surface area contributed by atoms with Crippen LogP contribution in [0, 0.1) is 5.82 Å². The molecule has 4 atom stereocenters. The Morgan fingerprint density at radius 2 is 2.06 bits per heavy atom. The molecule has 1 amide bonds. The summed E-state index contributed by atoms with van der Waals surface area (Å²) in [5.41, 5.74) is 1.64. The van der Waals surface area contributed by atoms with Gasteiger partial charge in [-0.1, -0.05) is 6.07 Å². The normalized spacial score (nSPS) is 21.6. The monoisotopic (exact) mass is 494 g/mol. The Morgan fingerprint density at radius 1 is 1.19 bits per heavy atom. The number of nitrogens with zero attached hydrogens (tertiary/aromatic N) is 6. The van der Waals surface area contributed by atoms with Crippen LogP contribution in [-0.4, -0.2) is 70.5 Å². The summed E-state index contributed by atoms with van der Waals surface area (Å²) < 4.78 is 21.0. The average Bonchev–Trinajstić information content (AvgIpc) is 3.44. The Hall–Kier alpha value is -4.07. The molecule has 186 valence electrons. The van der Waals surface area contributed by atoms with Crippen LogP contribution in [0.1, 0.15) is 18.8 Å². The first kappa shape index (κ1) is 23.7. The molecule has 0 spiro atoms. The van der Waals surface area contributed by atoms with Gasteiger partial charge in [0.15, 0.2) is 35.1 Å². The maximum Gasteiger partial charge on any atom is 0.252 e. The second-order valence-corrected chi connectivity index (χ2v) is 8.11. The third-order valence-corrected chi connectivity index (χ3v) is 5.67. The van der Waals surface area contributed by atoms with Crippen LogP contribution in [-0.2, 0) is 16.1 Å². The smallest absolute Gasteiger partial charge is 0.252 e. The first-order chi connectivity index (χ1) is 17.5. The number of anilines is 1. The van der Waals surface area contributed by atoms with Crippen molar-refractivity contribution in [3.63, 3.8) is 0 Å². The third-order valence-electron chi connectivity index (χ3n) is 5.67. The van der Waals surface area contributed by atoms with Crippen LogP contribution in [0.2, 0.25) is 0 Å². The lowest BCUT2D eigenvalue weighted by molar-refractivity contribution is -0.137. The zero-order valence-electron chi connectivity index (χ0n) is 19.1. The van der Waals surface area contributed by atoms with Crippen LogP contribution in [0.5, 0.6) is 0 Å². The maximum atomic E-state index is 13.9. The maximum absolute atomic E-state index is 13.9. The quantitative estimate of drug-likeness (QED) is 0.289. The second kappa shape index (κ2) is 9.89. The van der Waals surface area contributed by atoms with E-state index >= 15 is 0 Å². The van der Waals surface area contributed by atoms with Crippen LogP contribution < -0.4 is 10.6 Å². The molecule has 4 aromatic rings. The lowest BCUT2D eigenvalue weighted by Crippen LogP contribution is -2.42. The number of halogens is 1. The zero-order valence-corrected chi connectivity index (χ0v) is 19.1. The molecule has 5 rings (SSSR count). The number of aliphatic hydroxyl groups excluding tert-OH is 2. The summed E-state index contributed by atoms with van der Waals surface area (Å²) in [6.07, 6.45) is 0.192. The molecule has 0 radical (unpaired) electrons. The van der Waals surface area contributed by atoms with Gasteiger partial charge in [-0.3, -0.25) is 19.3 Å². The van der Waals surface area contributed by atoms with Crippen LogP contribution in [0.4, 0.5) is 10.2 Å². The van der Waals surface area contributed by atoms with E-state index in [4.69, 9.17) is 4.74 Å². The molecule has 5 heterocycles. The summed E-state index contributed by atoms with van der Waals surface area (Å²) in [4.78, 5) is 33.9. The molecule has 1 saturated heterocycles. The molecule has 13 heteroatoms. The standard InChI is InChI=1S/C23H23FN8O4/c1-2-26-22(35)18-16(33)17(34)23(36-18)32-11-29-15-20(28-10-14-5-3-4-6-27-14)30-19(31-21(15)32)12-7-13(24)9-25-8-12/h3-9,11,16-18,23,33-34H,2,10H2,1H3,(H,26,35)(H,28,30,31)/t16-,17+,18-,23+/m0/s1. The van der Waals surface area contributed by atoms with Crippen molar-refractivity contribution in [2.24, 2.45) is 0 Å². The summed E-state index contributed by atoms with van der Waals surface area (Å²) in [7, 11) is 0. The van der Waals surface area contributed by atoms with Crippen molar-refractivity contribution in [1.82, 2.24) is 34.8 Å². The van der Waals surface area contributed by atoms with E-state index < -0.39 is 36.3 Å². The van der Waals surface area contributed by atoms with Crippen LogP contribution in [0.3, 0.4) is 0 Å². The number of imidazole rings is 1. The molecule has 12 nitrogen and oxygen atoms in total. The lowest BCUT2D eigenvalue weighted by atomic mass is 10.1. The molecular formula is C23H23FN8O4. The van der Waals surface area contributed by atoms with Gasteiger partial charge in [0.05, 0.1) is 24.8 Å². The van der Waals surface area contributed by atoms with Crippen molar-refractivity contribution in [2.75, 3.05) is 11.9 Å². The molecule has 1 aliphatic heterocycles. The Morgan fingerprint density at radius 3 is 2.81 bits per heavy atom. The fraction of sp³-hybridized carbons (Fsp3) is 0.304. The van der Waals surface area contributed by atoms with Gasteiger partial charge in [-0.2, -0.15) is 0 Å². The predicted octanol–water partition coefficient (Wildman–Crippen LogP) is 0.790. The van der Waals surface area contributed by atoms with Crippen molar-refractivity contribution in [2.45, 2.75) is 38.0 Å². The molecule has 0 bridgehead atoms. The highest BCUT2D eigenvalue weighted by Gasteiger charge is 2.47. The summed E-state index contributed by atoms with van der Waals surface area (Å²) in [5, 5.41) is 26.9. The average molecular weight is 494 g/mol. The van der Waals surface area contributed by atoms with E-state index in [-0.39, 0.29) is 11.5 Å². The largest absolute Gasteiger partial charge is 0.387 e. The number of hydrogen-bond donors (Lipinski definition) is 4. The van der Waals surface area contributed by atoms with Crippen molar-refractivity contribution in [3.8, 4) is 11.4 Å². The number of fused-ring (bicyclic) bond motifs is 1. The Balaban J connectivity index is 1.56. The molecule has 0 aromatic carbocycles. The molecule has 4 aromatic heterocycles. The molecule has 1 aliphatic rings. The minimum Gasteiger partial charge on any atom is -0.387 e. The molecule has 0 aliphatic carbocycles. The van der Waals surface area contributed by atoms with Gasteiger partial charge in [0.2, 0.25) is 0 Å². The highest BCUT2D eigenvalue weighted by molar-refractivity contribution is 5.85. The van der Waals surface area contributed by atoms with Gasteiger partial charge in [0.25, 0.3) is 5.91 Å². The number of nitrogens with one attached hydrogen (secondary N) is 2. The number of aromatic nitrogens is 6. The predicted molar refractivity (Wildman–Crippen MR) is 125 cm³/mol. The fourth-order valence-electron chi connectivity index (χ4n) is 3.95. The summed E-state index contributed by atoms with van der Waals surface area (Å²) in [5.74, 6) is -0.630. The molecule has 1 fully saturated rings. The first-order valence-corrected chi connectivity index (χ1v) is 11.2. The van der Waals surface area contributed by atoms with Crippen molar-refractivity contribution >= 4 is 22.9 Å². The van der Waals surface area contributed by atoms with Crippen LogP contribution in [0.25, 0.3) is 22.6 Å². The minimum absolute atomic E-state index is 0.146. The van der Waals surface area contributed by atoms with Crippen molar-refractivity contribution in [3.05, 3.63) is 60.7 Å². The molecule has 36 heavy (non-hydrogen) atoms. The third kappa shape index (κ3) is 4.46. The van der Waals surface area contributed by atoms with Crippen molar-refractivity contribution < 1.29 is 24.1 Å². The summed E-state index contributed by atoms with van der Waals surface area (Å²) >= 11 is 0. The number of pyridine rings is 2. The number of amides is 1.